The van der Waals surface area contributed by atoms with Crippen LogP contribution in [0.25, 0.3) is 22.2 Å². The molecule has 1 spiro atoms. The second-order valence-electron chi connectivity index (χ2n) is 10.9. The molecule has 3 aromatic heterocycles. The molecule has 1 amide bonds. The van der Waals surface area contributed by atoms with E-state index in [-0.39, 0.29) is 11.5 Å². The summed E-state index contributed by atoms with van der Waals surface area (Å²) >= 11 is 0. The van der Waals surface area contributed by atoms with Gasteiger partial charge in [0, 0.05) is 31.5 Å². The van der Waals surface area contributed by atoms with Crippen LogP contribution in [0.5, 0.6) is 0 Å². The molecular formula is C28H29N7O2. The zero-order chi connectivity index (χ0) is 25.6. The van der Waals surface area contributed by atoms with Crippen LogP contribution in [0.1, 0.15) is 43.9 Å². The summed E-state index contributed by atoms with van der Waals surface area (Å²) in [5.41, 5.74) is 4.77. The third-order valence-corrected chi connectivity index (χ3v) is 7.71. The van der Waals surface area contributed by atoms with Crippen molar-refractivity contribution in [3.8, 4) is 17.2 Å². The number of nitrogens with zero attached hydrogens (tertiary/aromatic N) is 7. The number of pyridine rings is 1. The number of benzene rings is 1. The number of ether oxygens (including phenoxy) is 1. The maximum Gasteiger partial charge on any atom is 0.410 e. The van der Waals surface area contributed by atoms with Crippen LogP contribution in [-0.2, 0) is 24.9 Å². The molecule has 37 heavy (non-hydrogen) atoms. The molecule has 0 N–H and O–H groups in total. The number of carbonyl (C=O) groups excluding carboxylic acids is 1. The average molecular weight is 496 g/mol. The van der Waals surface area contributed by atoms with Crippen molar-refractivity contribution in [2.75, 3.05) is 6.54 Å². The molecule has 0 radical (unpaired) electrons. The molecule has 1 aliphatic heterocycles. The van der Waals surface area contributed by atoms with Crippen molar-refractivity contribution < 1.29 is 9.53 Å². The molecular weight excluding hydrogens is 466 g/mol. The smallest absolute Gasteiger partial charge is 0.410 e. The standard InChI is InChI=1S/C28H29N7O2/c1-27(17-35-19-31-24-5-4-20(12-29)10-25(24)35)7-3-8-28(16-27)18-34(26(36)37-28)15-23-11-21(6-9-30-23)22-13-32-33(2)14-22/h4-6,9-11,13-14,19H,3,7-8,15-18H2,1-2H3/t27?,28-/m0/s1. The number of nitriles is 1. The third kappa shape index (κ3) is 4.44. The normalized spacial score (nSPS) is 23.5. The van der Waals surface area contributed by atoms with E-state index in [2.05, 4.69) is 32.6 Å². The lowest BCUT2D eigenvalue weighted by molar-refractivity contribution is -0.0270. The second-order valence-corrected chi connectivity index (χ2v) is 10.9. The van der Waals surface area contributed by atoms with Crippen LogP contribution in [0.2, 0.25) is 0 Å². The van der Waals surface area contributed by atoms with Crippen LogP contribution in [-0.4, -0.2) is 47.5 Å². The van der Waals surface area contributed by atoms with Crippen molar-refractivity contribution in [1.29, 1.82) is 5.26 Å². The molecule has 2 aliphatic rings. The SMILES string of the molecule is Cn1cc(-c2ccnc(CN3C[C@@]4(CCCC(C)(Cn5cnc6ccc(C#N)cc65)C4)OC3=O)c2)cn1. The number of imidazole rings is 1. The molecule has 0 bridgehead atoms. The summed E-state index contributed by atoms with van der Waals surface area (Å²) in [5.74, 6) is 0. The summed E-state index contributed by atoms with van der Waals surface area (Å²) in [6, 6.07) is 11.8. The molecule has 188 valence electrons. The number of rotatable bonds is 5. The summed E-state index contributed by atoms with van der Waals surface area (Å²) in [4.78, 5) is 23.8. The van der Waals surface area contributed by atoms with Gasteiger partial charge in [0.05, 0.1) is 54.0 Å². The van der Waals surface area contributed by atoms with Crippen LogP contribution in [0.4, 0.5) is 4.79 Å². The molecule has 6 rings (SSSR count). The number of aryl methyl sites for hydroxylation is 1. The lowest BCUT2D eigenvalue weighted by atomic mass is 9.68. The van der Waals surface area contributed by atoms with Crippen molar-refractivity contribution in [3.05, 3.63) is 66.5 Å². The van der Waals surface area contributed by atoms with E-state index in [0.717, 1.165) is 60.1 Å². The van der Waals surface area contributed by atoms with Gasteiger partial charge in [-0.15, -0.1) is 0 Å². The molecule has 2 atom stereocenters. The first kappa shape index (κ1) is 23.2. The predicted molar refractivity (Wildman–Crippen MR) is 137 cm³/mol. The van der Waals surface area contributed by atoms with E-state index in [1.807, 2.05) is 50.0 Å². The minimum atomic E-state index is -0.501. The molecule has 9 nitrogen and oxygen atoms in total. The Labute approximate surface area is 215 Å². The Morgan fingerprint density at radius 1 is 1.16 bits per heavy atom. The monoisotopic (exact) mass is 495 g/mol. The van der Waals surface area contributed by atoms with Gasteiger partial charge in [0.15, 0.2) is 0 Å². The summed E-state index contributed by atoms with van der Waals surface area (Å²) < 4.78 is 10.0. The van der Waals surface area contributed by atoms with Gasteiger partial charge in [0.2, 0.25) is 0 Å². The van der Waals surface area contributed by atoms with Crippen LogP contribution < -0.4 is 0 Å². The summed E-state index contributed by atoms with van der Waals surface area (Å²) in [6.07, 6.45) is 10.8. The van der Waals surface area contributed by atoms with E-state index in [1.54, 1.807) is 21.8 Å². The topological polar surface area (TPSA) is 102 Å². The van der Waals surface area contributed by atoms with Crippen molar-refractivity contribution in [2.45, 2.75) is 51.3 Å². The average Bonchev–Trinajstić information content (AvgIpc) is 3.56. The van der Waals surface area contributed by atoms with Crippen LogP contribution in [0.3, 0.4) is 0 Å². The zero-order valence-corrected chi connectivity index (χ0v) is 21.1. The third-order valence-electron chi connectivity index (χ3n) is 7.71. The maximum absolute atomic E-state index is 13.0. The number of amides is 1. The van der Waals surface area contributed by atoms with E-state index in [0.29, 0.717) is 18.7 Å². The highest BCUT2D eigenvalue weighted by Crippen LogP contribution is 2.47. The van der Waals surface area contributed by atoms with Gasteiger partial charge in [0.25, 0.3) is 0 Å². The van der Waals surface area contributed by atoms with Gasteiger partial charge in [0.1, 0.15) is 5.60 Å². The first-order valence-electron chi connectivity index (χ1n) is 12.6. The van der Waals surface area contributed by atoms with Gasteiger partial charge in [-0.1, -0.05) is 6.92 Å². The van der Waals surface area contributed by atoms with Crippen LogP contribution in [0, 0.1) is 16.7 Å². The van der Waals surface area contributed by atoms with E-state index >= 15 is 0 Å². The molecule has 1 aliphatic carbocycles. The molecule has 4 heterocycles. The number of hydrogen-bond donors (Lipinski definition) is 0. The highest BCUT2D eigenvalue weighted by Gasteiger charge is 2.51. The molecule has 1 saturated carbocycles. The van der Waals surface area contributed by atoms with Gasteiger partial charge in [-0.05, 0) is 67.0 Å². The van der Waals surface area contributed by atoms with E-state index in [9.17, 15) is 10.1 Å². The maximum atomic E-state index is 13.0. The molecule has 9 heteroatoms. The quantitative estimate of drug-likeness (QED) is 0.399. The minimum Gasteiger partial charge on any atom is -0.441 e. The van der Waals surface area contributed by atoms with E-state index in [1.165, 1.54) is 0 Å². The number of aromatic nitrogens is 5. The molecule has 1 aromatic carbocycles. The fourth-order valence-electron chi connectivity index (χ4n) is 6.14. The fraction of sp³-hybridized carbons (Fsp3) is 0.393. The van der Waals surface area contributed by atoms with Gasteiger partial charge in [-0.3, -0.25) is 14.6 Å². The van der Waals surface area contributed by atoms with Crippen molar-refractivity contribution >= 4 is 17.1 Å². The lowest BCUT2D eigenvalue weighted by Gasteiger charge is -2.43. The largest absolute Gasteiger partial charge is 0.441 e. The molecule has 4 aromatic rings. The second kappa shape index (κ2) is 8.73. The highest BCUT2D eigenvalue weighted by molar-refractivity contribution is 5.77. The first-order chi connectivity index (χ1) is 17.8. The Balaban J connectivity index is 1.19. The van der Waals surface area contributed by atoms with Gasteiger partial charge >= 0.3 is 6.09 Å². The van der Waals surface area contributed by atoms with Crippen LogP contribution in [0.15, 0.2) is 55.2 Å². The summed E-state index contributed by atoms with van der Waals surface area (Å²) in [5, 5.41) is 13.6. The van der Waals surface area contributed by atoms with Crippen molar-refractivity contribution in [2.24, 2.45) is 12.5 Å². The minimum absolute atomic E-state index is 0.0662. The molecule has 1 saturated heterocycles. The highest BCUT2D eigenvalue weighted by atomic mass is 16.6. The van der Waals surface area contributed by atoms with Crippen molar-refractivity contribution in [3.63, 3.8) is 0 Å². The Morgan fingerprint density at radius 2 is 2.05 bits per heavy atom. The Bertz CT molecular complexity index is 1530. The predicted octanol–water partition coefficient (Wildman–Crippen LogP) is 4.67. The van der Waals surface area contributed by atoms with Crippen molar-refractivity contribution in [1.82, 2.24) is 29.2 Å². The Morgan fingerprint density at radius 3 is 2.86 bits per heavy atom. The molecule has 2 fully saturated rings. The Kier molecular flexibility index (Phi) is 5.48. The van der Waals surface area contributed by atoms with Crippen LogP contribution >= 0.6 is 0 Å². The Hall–Kier alpha value is -4.19. The number of carbonyl (C=O) groups is 1. The van der Waals surface area contributed by atoms with E-state index in [4.69, 9.17) is 4.74 Å². The van der Waals surface area contributed by atoms with Gasteiger partial charge in [-0.2, -0.15) is 10.4 Å². The lowest BCUT2D eigenvalue weighted by Crippen LogP contribution is -2.44. The first-order valence-corrected chi connectivity index (χ1v) is 12.6. The zero-order valence-electron chi connectivity index (χ0n) is 21.1. The summed E-state index contributed by atoms with van der Waals surface area (Å²) in [6.45, 7) is 3.99. The van der Waals surface area contributed by atoms with Gasteiger partial charge < -0.3 is 9.30 Å². The van der Waals surface area contributed by atoms with Gasteiger partial charge in [-0.25, -0.2) is 9.78 Å². The summed E-state index contributed by atoms with van der Waals surface area (Å²) in [7, 11) is 1.89. The molecule has 1 unspecified atom stereocenters. The fourth-order valence-corrected chi connectivity index (χ4v) is 6.14. The number of hydrogen-bond acceptors (Lipinski definition) is 6. The van der Waals surface area contributed by atoms with E-state index < -0.39 is 5.60 Å². The number of fused-ring (bicyclic) bond motifs is 1.